The second-order valence-corrected chi connectivity index (χ2v) is 20.6. The van der Waals surface area contributed by atoms with Gasteiger partial charge in [-0.3, -0.25) is 24.2 Å². The van der Waals surface area contributed by atoms with Gasteiger partial charge in [0.1, 0.15) is 30.4 Å². The predicted molar refractivity (Wildman–Crippen MR) is 263 cm³/mol. The number of piperidine rings is 1. The lowest BCUT2D eigenvalue weighted by Gasteiger charge is -2.49. The number of carbonyl (C=O) groups is 3. The summed E-state index contributed by atoms with van der Waals surface area (Å²) in [4.78, 5) is 56.1. The van der Waals surface area contributed by atoms with Gasteiger partial charge in [0.2, 0.25) is 11.8 Å². The van der Waals surface area contributed by atoms with Gasteiger partial charge in [-0.1, -0.05) is 64.1 Å². The molecule has 0 aliphatic carbocycles. The van der Waals surface area contributed by atoms with E-state index in [1.54, 1.807) is 42.2 Å². The van der Waals surface area contributed by atoms with E-state index in [9.17, 15) is 19.5 Å². The van der Waals surface area contributed by atoms with Crippen LogP contribution in [-0.4, -0.2) is 135 Å². The van der Waals surface area contributed by atoms with Gasteiger partial charge >= 0.3 is 5.97 Å². The van der Waals surface area contributed by atoms with E-state index in [4.69, 9.17) is 14.0 Å². The summed E-state index contributed by atoms with van der Waals surface area (Å²) in [7, 11) is 0. The summed E-state index contributed by atoms with van der Waals surface area (Å²) < 4.78 is 17.8. The van der Waals surface area contributed by atoms with Crippen molar-refractivity contribution in [1.29, 1.82) is 0 Å². The van der Waals surface area contributed by atoms with Crippen LogP contribution in [0.5, 0.6) is 11.6 Å². The van der Waals surface area contributed by atoms with E-state index in [-0.39, 0.29) is 54.4 Å². The number of nitrogens with one attached hydrogen (secondary N) is 1. The normalized spacial score (nSPS) is 21.0. The highest BCUT2D eigenvalue weighted by molar-refractivity contribution is 7.13. The van der Waals surface area contributed by atoms with Crippen molar-refractivity contribution in [3.8, 4) is 33.3 Å². The quantitative estimate of drug-likeness (QED) is 0.102. The SMILES string of the molecule is Cc1ncsc1-c1ccc([C@H](C)NC(=O)[C@@H]2C[C@@H](OC(=O)C(C)C)CN2C(=O)[C@@H](c2cc(OCCN3CCC(N4CCN5c6cc(-c7ccccc7O)nnc6CC[C@H]5C4)CC3)no2)C(C)C)cc1. The second kappa shape index (κ2) is 21.0. The van der Waals surface area contributed by atoms with E-state index >= 15 is 0 Å². The number of hydrogen-bond acceptors (Lipinski definition) is 15. The summed E-state index contributed by atoms with van der Waals surface area (Å²) in [5.74, 6) is -1.39. The Labute approximate surface area is 408 Å². The number of para-hydroxylation sites is 1. The zero-order valence-electron chi connectivity index (χ0n) is 40.5. The Morgan fingerprint density at radius 3 is 2.43 bits per heavy atom. The summed E-state index contributed by atoms with van der Waals surface area (Å²) in [6.07, 6.45) is 3.68. The number of aromatic hydroxyl groups is 1. The van der Waals surface area contributed by atoms with Crippen LogP contribution in [0.3, 0.4) is 0 Å². The first-order valence-electron chi connectivity index (χ1n) is 24.6. The fourth-order valence-corrected chi connectivity index (χ4v) is 11.3. The molecule has 16 nitrogen and oxygen atoms in total. The molecule has 3 fully saturated rings. The van der Waals surface area contributed by atoms with Gasteiger partial charge in [-0.05, 0) is 93.0 Å². The van der Waals surface area contributed by atoms with E-state index in [1.807, 2.05) is 75.7 Å². The molecule has 3 aromatic heterocycles. The van der Waals surface area contributed by atoms with Crippen LogP contribution in [0.1, 0.15) is 95.0 Å². The van der Waals surface area contributed by atoms with Crippen molar-refractivity contribution in [3.63, 3.8) is 0 Å². The lowest BCUT2D eigenvalue weighted by atomic mass is 9.91. The third-order valence-electron chi connectivity index (χ3n) is 14.4. The van der Waals surface area contributed by atoms with Crippen molar-refractivity contribution in [1.82, 2.24) is 40.4 Å². The van der Waals surface area contributed by atoms with Crippen LogP contribution in [0.25, 0.3) is 21.7 Å². The molecule has 0 spiro atoms. The lowest BCUT2D eigenvalue weighted by molar-refractivity contribution is -0.153. The minimum atomic E-state index is -0.858. The molecule has 0 bridgehead atoms. The maximum absolute atomic E-state index is 14.6. The Balaban J connectivity index is 0.772. The van der Waals surface area contributed by atoms with Crippen molar-refractivity contribution in [2.45, 2.75) is 110 Å². The number of rotatable bonds is 15. The monoisotopic (exact) mass is 959 g/mol. The number of thiazole rings is 1. The molecule has 69 heavy (non-hydrogen) atoms. The van der Waals surface area contributed by atoms with Gasteiger partial charge in [-0.25, -0.2) is 4.98 Å². The standard InChI is InChI=1S/C52H65N9O7S/c1-31(2)48(51(64)61-29-39(67-52(65)32(3)4)25-44(61)50(63)54-33(5)35-11-13-36(14-12-35)49-34(6)53-30-69-49)46-27-47(57-68-46)66-24-23-58-19-17-37(18-20-58)59-21-22-60-38(28-59)15-16-41-43(60)26-42(56-55-41)40-9-7-8-10-45(40)62/h7-14,26-27,30-33,37-39,44,48,62H,15-25,28-29H2,1-6H3,(H,54,63)/t33-,38-,39+,44-,48+/m0/s1. The van der Waals surface area contributed by atoms with Crippen LogP contribution in [0, 0.1) is 18.8 Å². The molecule has 0 radical (unpaired) electrons. The van der Waals surface area contributed by atoms with Crippen molar-refractivity contribution in [2.75, 3.05) is 57.3 Å². The Morgan fingerprint density at radius 1 is 0.928 bits per heavy atom. The molecule has 2 amide bonds. The topological polar surface area (TPSA) is 180 Å². The number of esters is 1. The molecule has 17 heteroatoms. The van der Waals surface area contributed by atoms with Gasteiger partial charge in [0.05, 0.1) is 51.7 Å². The number of anilines is 1. The van der Waals surface area contributed by atoms with Crippen LogP contribution in [0.2, 0.25) is 0 Å². The van der Waals surface area contributed by atoms with Crippen LogP contribution >= 0.6 is 11.3 Å². The fourth-order valence-electron chi connectivity index (χ4n) is 10.5. The zero-order chi connectivity index (χ0) is 48.3. The number of aryl methyl sites for hydroxylation is 2. The Kier molecular flexibility index (Phi) is 14.6. The molecule has 366 valence electrons. The van der Waals surface area contributed by atoms with Crippen LogP contribution in [-0.2, 0) is 25.5 Å². The average Bonchev–Trinajstić information content (AvgIpc) is 4.12. The molecule has 3 saturated heterocycles. The zero-order valence-corrected chi connectivity index (χ0v) is 41.4. The first kappa shape index (κ1) is 48.1. The highest BCUT2D eigenvalue weighted by atomic mass is 32.1. The van der Waals surface area contributed by atoms with Gasteiger partial charge in [-0.15, -0.1) is 16.4 Å². The van der Waals surface area contributed by atoms with Crippen LogP contribution < -0.4 is 15.0 Å². The minimum absolute atomic E-state index is 0.0910. The van der Waals surface area contributed by atoms with E-state index in [1.165, 1.54) is 0 Å². The number of likely N-dealkylation sites (tertiary alicyclic amines) is 2. The third-order valence-corrected chi connectivity index (χ3v) is 15.4. The number of benzene rings is 2. The molecule has 4 aliphatic rings. The molecular weight excluding hydrogens is 895 g/mol. The van der Waals surface area contributed by atoms with E-state index < -0.39 is 18.1 Å². The molecule has 4 aliphatic heterocycles. The molecule has 9 rings (SSSR count). The fraction of sp³-hybridized carbons (Fsp3) is 0.519. The molecule has 0 saturated carbocycles. The van der Waals surface area contributed by atoms with Gasteiger partial charge in [-0.2, -0.15) is 5.10 Å². The van der Waals surface area contributed by atoms with E-state index in [0.29, 0.717) is 41.6 Å². The first-order chi connectivity index (χ1) is 33.3. The second-order valence-electron chi connectivity index (χ2n) is 19.7. The number of amides is 2. The summed E-state index contributed by atoms with van der Waals surface area (Å²) in [5.41, 5.74) is 8.38. The Morgan fingerprint density at radius 2 is 1.71 bits per heavy atom. The Bertz CT molecular complexity index is 2590. The molecule has 7 heterocycles. The number of fused-ring (bicyclic) bond motifs is 3. The minimum Gasteiger partial charge on any atom is -0.507 e. The van der Waals surface area contributed by atoms with Crippen molar-refractivity contribution in [3.05, 3.63) is 88.9 Å². The van der Waals surface area contributed by atoms with Crippen LogP contribution in [0.15, 0.2) is 70.7 Å². The summed E-state index contributed by atoms with van der Waals surface area (Å²) >= 11 is 1.59. The Hall–Kier alpha value is -5.91. The number of nitrogens with zero attached hydrogens (tertiary/aromatic N) is 8. The average molecular weight is 960 g/mol. The number of phenolic OH excluding ortho intramolecular Hbond substituents is 1. The third kappa shape index (κ3) is 10.7. The van der Waals surface area contributed by atoms with Crippen LogP contribution in [0.4, 0.5) is 5.69 Å². The number of carbonyl (C=O) groups excluding carboxylic acids is 3. The summed E-state index contributed by atoms with van der Waals surface area (Å²) in [6.45, 7) is 17.5. The largest absolute Gasteiger partial charge is 0.507 e. The number of hydrogen-bond donors (Lipinski definition) is 2. The van der Waals surface area contributed by atoms with E-state index in [2.05, 4.69) is 46.4 Å². The molecule has 2 aromatic carbocycles. The highest BCUT2D eigenvalue weighted by Crippen LogP contribution is 2.38. The van der Waals surface area contributed by atoms with Gasteiger partial charge in [0.25, 0.3) is 5.88 Å². The summed E-state index contributed by atoms with van der Waals surface area (Å²) in [6, 6.07) is 18.9. The highest BCUT2D eigenvalue weighted by Gasteiger charge is 2.45. The maximum Gasteiger partial charge on any atom is 0.308 e. The first-order valence-corrected chi connectivity index (χ1v) is 25.5. The number of phenols is 1. The number of aromatic nitrogens is 4. The molecule has 5 aromatic rings. The van der Waals surface area contributed by atoms with Crippen molar-refractivity contribution < 1.29 is 33.5 Å². The predicted octanol–water partition coefficient (Wildman–Crippen LogP) is 7.04. The van der Waals surface area contributed by atoms with Gasteiger partial charge < -0.3 is 34.2 Å². The smallest absolute Gasteiger partial charge is 0.308 e. The number of ether oxygens (including phenoxy) is 2. The molecule has 0 unspecified atom stereocenters. The van der Waals surface area contributed by atoms with Gasteiger partial charge in [0, 0.05) is 56.3 Å². The molecular formula is C52H65N9O7S. The number of piperazine rings is 1. The maximum atomic E-state index is 14.6. The van der Waals surface area contributed by atoms with E-state index in [0.717, 1.165) is 98.0 Å². The van der Waals surface area contributed by atoms with Crippen molar-refractivity contribution >= 4 is 34.8 Å². The summed E-state index contributed by atoms with van der Waals surface area (Å²) in [5, 5.41) is 26.9. The van der Waals surface area contributed by atoms with Crippen molar-refractivity contribution in [2.24, 2.45) is 11.8 Å². The van der Waals surface area contributed by atoms with Gasteiger partial charge in [0.15, 0.2) is 5.76 Å². The lowest BCUT2D eigenvalue weighted by Crippen LogP contribution is -2.59. The molecule has 5 atom stereocenters. The molecule has 2 N–H and O–H groups in total.